The maximum absolute atomic E-state index is 12.9. The Bertz CT molecular complexity index is 460. The molecule has 0 aliphatic carbocycles. The van der Waals surface area contributed by atoms with Crippen molar-refractivity contribution in [2.75, 3.05) is 13.1 Å². The lowest BCUT2D eigenvalue weighted by Crippen LogP contribution is -2.24. The van der Waals surface area contributed by atoms with Gasteiger partial charge in [-0.3, -0.25) is 4.79 Å². The maximum atomic E-state index is 12.9. The second-order valence-corrected chi connectivity index (χ2v) is 5.09. The van der Waals surface area contributed by atoms with Crippen molar-refractivity contribution in [2.24, 2.45) is 5.73 Å². The van der Waals surface area contributed by atoms with E-state index in [0.717, 1.165) is 19.3 Å². The molecule has 0 atom stereocenters. The van der Waals surface area contributed by atoms with Crippen LogP contribution >= 0.6 is 8.60 Å². The average molecular weight is 318 g/mol. The Morgan fingerprint density at radius 3 is 2.71 bits per heavy atom. The molecule has 0 saturated heterocycles. The third kappa shape index (κ3) is 6.35. The van der Waals surface area contributed by atoms with Gasteiger partial charge in [-0.05, 0) is 37.6 Å². The first-order valence-corrected chi connectivity index (χ1v) is 7.78. The summed E-state index contributed by atoms with van der Waals surface area (Å²) in [6, 6.07) is 4.13. The number of rotatable bonds is 9. The smallest absolute Gasteiger partial charge is 0.391 e. The Labute approximate surface area is 124 Å². The third-order valence-corrected chi connectivity index (χ3v) is 3.17. The Kier molecular flexibility index (Phi) is 8.15. The maximum Gasteiger partial charge on any atom is 0.391 e. The molecule has 1 aromatic carbocycles. The third-order valence-electron chi connectivity index (χ3n) is 2.81. The first kappa shape index (κ1) is 17.8. The molecule has 0 bridgehead atoms. The van der Waals surface area contributed by atoms with E-state index in [2.05, 4.69) is 9.84 Å². The molecule has 0 fully saturated rings. The van der Waals surface area contributed by atoms with E-state index in [9.17, 15) is 9.18 Å². The van der Waals surface area contributed by atoms with Gasteiger partial charge in [0.1, 0.15) is 12.4 Å². The lowest BCUT2D eigenvalue weighted by molar-refractivity contribution is 0.0953. The molecule has 0 radical (unpaired) electrons. The molecule has 1 amide bonds. The zero-order chi connectivity index (χ0) is 15.7. The Morgan fingerprint density at radius 2 is 2.10 bits per heavy atom. The van der Waals surface area contributed by atoms with Gasteiger partial charge in [-0.1, -0.05) is 6.42 Å². The van der Waals surface area contributed by atoms with Gasteiger partial charge in [0.25, 0.3) is 5.91 Å². The average Bonchev–Trinajstić information content (AvgIpc) is 2.46. The molecule has 1 rings (SSSR count). The zero-order valence-corrected chi connectivity index (χ0v) is 12.5. The van der Waals surface area contributed by atoms with E-state index in [0.29, 0.717) is 18.7 Å². The number of nitrogens with two attached hydrogens (primary N) is 1. The van der Waals surface area contributed by atoms with Crippen molar-refractivity contribution in [2.45, 2.75) is 25.9 Å². The molecule has 0 aromatic heterocycles. The molecule has 0 heterocycles. The van der Waals surface area contributed by atoms with Crippen LogP contribution < -0.4 is 15.6 Å². The number of carbonyl (C=O) groups is 1. The van der Waals surface area contributed by atoms with Crippen LogP contribution in [0.4, 0.5) is 4.39 Å². The molecule has 0 spiro atoms. The standard InChI is InChI=1S/C13H20FN2O4P/c14-9-11-8-10(4-5-12(11)20-21(18)19)13(17)16-7-3-1-2-6-15/h4-5,8,18-19H,1-3,6-7,9,15H2,(H,16,17). The number of benzene rings is 1. The summed E-state index contributed by atoms with van der Waals surface area (Å²) in [5.41, 5.74) is 5.77. The van der Waals surface area contributed by atoms with Crippen LogP contribution in [-0.2, 0) is 6.67 Å². The largest absolute Gasteiger partial charge is 0.427 e. The van der Waals surface area contributed by atoms with Crippen molar-refractivity contribution < 1.29 is 23.5 Å². The van der Waals surface area contributed by atoms with Gasteiger partial charge < -0.3 is 25.4 Å². The van der Waals surface area contributed by atoms with E-state index >= 15 is 0 Å². The number of hydrogen-bond acceptors (Lipinski definition) is 5. The molecule has 118 valence electrons. The summed E-state index contributed by atoms with van der Waals surface area (Å²) in [4.78, 5) is 29.4. The summed E-state index contributed by atoms with van der Waals surface area (Å²) in [6.07, 6.45) is 2.69. The van der Waals surface area contributed by atoms with Crippen LogP contribution in [0.15, 0.2) is 18.2 Å². The number of halogens is 1. The van der Waals surface area contributed by atoms with Gasteiger partial charge >= 0.3 is 8.60 Å². The minimum Gasteiger partial charge on any atom is -0.427 e. The highest BCUT2D eigenvalue weighted by atomic mass is 31.2. The summed E-state index contributed by atoms with van der Waals surface area (Å²) in [5.74, 6) is -0.285. The number of alkyl halides is 1. The molecule has 6 nitrogen and oxygen atoms in total. The normalized spacial score (nSPS) is 10.7. The van der Waals surface area contributed by atoms with Gasteiger partial charge in [0.05, 0.1) is 0 Å². The summed E-state index contributed by atoms with van der Waals surface area (Å²) in [5, 5.41) is 2.73. The van der Waals surface area contributed by atoms with Gasteiger partial charge in [0, 0.05) is 17.7 Å². The van der Waals surface area contributed by atoms with Crippen molar-refractivity contribution in [1.29, 1.82) is 0 Å². The highest BCUT2D eigenvalue weighted by Crippen LogP contribution is 2.32. The first-order chi connectivity index (χ1) is 10.1. The fraction of sp³-hybridized carbons (Fsp3) is 0.462. The number of nitrogens with one attached hydrogen (secondary N) is 1. The highest BCUT2D eigenvalue weighted by Gasteiger charge is 2.12. The number of unbranched alkanes of at least 4 members (excludes halogenated alkanes) is 2. The molecule has 21 heavy (non-hydrogen) atoms. The lowest BCUT2D eigenvalue weighted by Gasteiger charge is -2.11. The van der Waals surface area contributed by atoms with Crippen molar-refractivity contribution in [1.82, 2.24) is 5.32 Å². The minimum absolute atomic E-state index is 0.0214. The highest BCUT2D eigenvalue weighted by molar-refractivity contribution is 7.39. The lowest BCUT2D eigenvalue weighted by atomic mass is 10.1. The van der Waals surface area contributed by atoms with Crippen molar-refractivity contribution >= 4 is 14.5 Å². The second-order valence-electron chi connectivity index (χ2n) is 4.41. The van der Waals surface area contributed by atoms with Gasteiger partial charge in [0.15, 0.2) is 0 Å². The van der Waals surface area contributed by atoms with Crippen LogP contribution in [0.3, 0.4) is 0 Å². The van der Waals surface area contributed by atoms with Crippen LogP contribution in [0.25, 0.3) is 0 Å². The van der Waals surface area contributed by atoms with E-state index in [-0.39, 0.29) is 17.2 Å². The fourth-order valence-corrected chi connectivity index (χ4v) is 2.11. The Balaban J connectivity index is 2.60. The Morgan fingerprint density at radius 1 is 1.33 bits per heavy atom. The molecule has 0 aliphatic rings. The summed E-state index contributed by atoms with van der Waals surface area (Å²) in [6.45, 7) is 0.296. The predicted molar refractivity (Wildman–Crippen MR) is 78.5 cm³/mol. The Hall–Kier alpha value is -1.27. The minimum atomic E-state index is -2.62. The van der Waals surface area contributed by atoms with Gasteiger partial charge in [-0.2, -0.15) is 0 Å². The van der Waals surface area contributed by atoms with Gasteiger partial charge in [0.2, 0.25) is 0 Å². The summed E-state index contributed by atoms with van der Waals surface area (Å²) >= 11 is 0. The van der Waals surface area contributed by atoms with E-state index < -0.39 is 15.3 Å². The molecular weight excluding hydrogens is 298 g/mol. The topological polar surface area (TPSA) is 105 Å². The first-order valence-electron chi connectivity index (χ1n) is 6.61. The summed E-state index contributed by atoms with van der Waals surface area (Å²) in [7, 11) is -2.62. The fourth-order valence-electron chi connectivity index (χ4n) is 1.75. The van der Waals surface area contributed by atoms with Gasteiger partial charge in [-0.25, -0.2) is 4.39 Å². The van der Waals surface area contributed by atoms with Crippen LogP contribution in [0.2, 0.25) is 0 Å². The van der Waals surface area contributed by atoms with E-state index in [1.165, 1.54) is 18.2 Å². The van der Waals surface area contributed by atoms with Crippen LogP contribution in [0.5, 0.6) is 5.75 Å². The monoisotopic (exact) mass is 318 g/mol. The van der Waals surface area contributed by atoms with Crippen LogP contribution in [0, 0.1) is 0 Å². The van der Waals surface area contributed by atoms with E-state index in [1.54, 1.807) is 0 Å². The van der Waals surface area contributed by atoms with Crippen molar-refractivity contribution in [3.8, 4) is 5.75 Å². The molecule has 0 aliphatic heterocycles. The molecular formula is C13H20FN2O4P. The zero-order valence-electron chi connectivity index (χ0n) is 11.6. The predicted octanol–water partition coefficient (Wildman–Crippen LogP) is 1.61. The molecule has 5 N–H and O–H groups in total. The van der Waals surface area contributed by atoms with E-state index in [4.69, 9.17) is 15.5 Å². The molecule has 0 saturated carbocycles. The molecule has 8 heteroatoms. The molecule has 0 unspecified atom stereocenters. The van der Waals surface area contributed by atoms with Crippen LogP contribution in [-0.4, -0.2) is 28.8 Å². The molecule has 1 aromatic rings. The van der Waals surface area contributed by atoms with E-state index in [1.807, 2.05) is 0 Å². The summed E-state index contributed by atoms with van der Waals surface area (Å²) < 4.78 is 17.6. The van der Waals surface area contributed by atoms with Crippen molar-refractivity contribution in [3.63, 3.8) is 0 Å². The second kappa shape index (κ2) is 9.63. The quantitative estimate of drug-likeness (QED) is 0.409. The number of hydrogen-bond donors (Lipinski definition) is 4. The number of amides is 1. The van der Waals surface area contributed by atoms with Crippen molar-refractivity contribution in [3.05, 3.63) is 29.3 Å². The SMILES string of the molecule is NCCCCCNC(=O)c1ccc(OP(O)O)c(CF)c1. The van der Waals surface area contributed by atoms with Gasteiger partial charge in [-0.15, -0.1) is 0 Å². The van der Waals surface area contributed by atoms with Crippen LogP contribution in [0.1, 0.15) is 35.2 Å². The number of carbonyl (C=O) groups excluding carboxylic acids is 1.